The number of nitrogens with zero attached hydrogens (tertiary/aromatic N) is 4. The summed E-state index contributed by atoms with van der Waals surface area (Å²) in [4.78, 5) is 16.0. The van der Waals surface area contributed by atoms with E-state index in [1.54, 1.807) is 10.9 Å². The fourth-order valence-corrected chi connectivity index (χ4v) is 1.92. The second kappa shape index (κ2) is 5.48. The van der Waals surface area contributed by atoms with E-state index >= 15 is 0 Å². The number of amides is 1. The molecule has 0 spiro atoms. The van der Waals surface area contributed by atoms with Crippen molar-refractivity contribution in [3.05, 3.63) is 54.4 Å². The number of carbonyl (C=O) groups is 1. The number of benzene rings is 1. The van der Waals surface area contributed by atoms with E-state index in [2.05, 4.69) is 20.6 Å². The van der Waals surface area contributed by atoms with Gasteiger partial charge in [-0.25, -0.2) is 4.68 Å². The number of rotatable bonds is 4. The summed E-state index contributed by atoms with van der Waals surface area (Å²) >= 11 is 0. The topological polar surface area (TPSA) is 72.7 Å². The summed E-state index contributed by atoms with van der Waals surface area (Å²) in [5.74, 6) is -0.119. The van der Waals surface area contributed by atoms with Gasteiger partial charge in [0.25, 0.3) is 0 Å². The molecular weight excluding hydrogens is 254 g/mol. The molecule has 0 atom stereocenters. The fourth-order valence-electron chi connectivity index (χ4n) is 1.92. The quantitative estimate of drug-likeness (QED) is 0.769. The SMILES string of the molecule is O=C(Cn1nnc2ccccc21)NCc1ccccn1. The van der Waals surface area contributed by atoms with E-state index in [-0.39, 0.29) is 12.5 Å². The lowest BCUT2D eigenvalue weighted by molar-refractivity contribution is -0.122. The molecule has 1 aromatic carbocycles. The van der Waals surface area contributed by atoms with Gasteiger partial charge in [-0.2, -0.15) is 0 Å². The molecule has 6 heteroatoms. The Bertz CT molecular complexity index is 723. The van der Waals surface area contributed by atoms with E-state index in [1.165, 1.54) is 0 Å². The first-order valence-corrected chi connectivity index (χ1v) is 6.28. The maximum atomic E-state index is 11.9. The highest BCUT2D eigenvalue weighted by molar-refractivity contribution is 5.79. The monoisotopic (exact) mass is 267 g/mol. The Morgan fingerprint density at radius 2 is 2.00 bits per heavy atom. The zero-order chi connectivity index (χ0) is 13.8. The third kappa shape index (κ3) is 2.64. The minimum atomic E-state index is -0.119. The smallest absolute Gasteiger partial charge is 0.242 e. The van der Waals surface area contributed by atoms with Gasteiger partial charge in [0.05, 0.1) is 17.8 Å². The van der Waals surface area contributed by atoms with Crippen molar-refractivity contribution < 1.29 is 4.79 Å². The van der Waals surface area contributed by atoms with Crippen molar-refractivity contribution in [2.75, 3.05) is 0 Å². The molecule has 0 aliphatic carbocycles. The summed E-state index contributed by atoms with van der Waals surface area (Å²) in [7, 11) is 0. The van der Waals surface area contributed by atoms with Gasteiger partial charge in [-0.05, 0) is 24.3 Å². The maximum Gasteiger partial charge on any atom is 0.242 e. The predicted octanol–water partition coefficient (Wildman–Crippen LogP) is 1.14. The van der Waals surface area contributed by atoms with Crippen LogP contribution in [0.5, 0.6) is 0 Å². The van der Waals surface area contributed by atoms with Crippen molar-refractivity contribution in [2.45, 2.75) is 13.1 Å². The minimum absolute atomic E-state index is 0.119. The molecule has 0 saturated heterocycles. The van der Waals surface area contributed by atoms with Crippen LogP contribution in [0.2, 0.25) is 0 Å². The van der Waals surface area contributed by atoms with Crippen LogP contribution in [-0.2, 0) is 17.9 Å². The van der Waals surface area contributed by atoms with Crippen LogP contribution in [0, 0.1) is 0 Å². The lowest BCUT2D eigenvalue weighted by atomic mass is 10.3. The number of carbonyl (C=O) groups excluding carboxylic acids is 1. The summed E-state index contributed by atoms with van der Waals surface area (Å²) in [6.45, 7) is 0.555. The largest absolute Gasteiger partial charge is 0.349 e. The van der Waals surface area contributed by atoms with Crippen molar-refractivity contribution in [3.63, 3.8) is 0 Å². The van der Waals surface area contributed by atoms with Crippen LogP contribution in [0.4, 0.5) is 0 Å². The molecule has 1 N–H and O–H groups in total. The standard InChI is InChI=1S/C14H13N5O/c20-14(16-9-11-5-3-4-8-15-11)10-19-13-7-2-1-6-12(13)17-18-19/h1-8H,9-10H2,(H,16,20). The van der Waals surface area contributed by atoms with E-state index in [1.807, 2.05) is 42.5 Å². The molecular formula is C14H13N5O. The maximum absolute atomic E-state index is 11.9. The van der Waals surface area contributed by atoms with Crippen LogP contribution in [-0.4, -0.2) is 25.9 Å². The molecule has 0 unspecified atom stereocenters. The Balaban J connectivity index is 1.64. The first kappa shape index (κ1) is 12.3. The average Bonchev–Trinajstić information content (AvgIpc) is 2.90. The van der Waals surface area contributed by atoms with Gasteiger partial charge in [0.2, 0.25) is 5.91 Å². The highest BCUT2D eigenvalue weighted by atomic mass is 16.2. The summed E-state index contributed by atoms with van der Waals surface area (Å²) in [5.41, 5.74) is 2.45. The molecule has 0 aliphatic heterocycles. The van der Waals surface area contributed by atoms with Crippen LogP contribution < -0.4 is 5.32 Å². The van der Waals surface area contributed by atoms with Gasteiger partial charge >= 0.3 is 0 Å². The average molecular weight is 267 g/mol. The lowest BCUT2D eigenvalue weighted by Gasteiger charge is -2.05. The molecule has 0 aliphatic rings. The first-order valence-electron chi connectivity index (χ1n) is 6.28. The van der Waals surface area contributed by atoms with Crippen LogP contribution in [0.3, 0.4) is 0 Å². The Morgan fingerprint density at radius 1 is 1.15 bits per heavy atom. The van der Waals surface area contributed by atoms with E-state index in [4.69, 9.17) is 0 Å². The molecule has 100 valence electrons. The fraction of sp³-hybridized carbons (Fsp3) is 0.143. The second-order valence-corrected chi connectivity index (χ2v) is 4.33. The lowest BCUT2D eigenvalue weighted by Crippen LogP contribution is -2.27. The van der Waals surface area contributed by atoms with Crippen LogP contribution in [0.25, 0.3) is 11.0 Å². The van der Waals surface area contributed by atoms with E-state index < -0.39 is 0 Å². The Kier molecular flexibility index (Phi) is 3.36. The Morgan fingerprint density at radius 3 is 2.85 bits per heavy atom. The molecule has 3 aromatic rings. The molecule has 0 bridgehead atoms. The highest BCUT2D eigenvalue weighted by Crippen LogP contribution is 2.09. The number of aromatic nitrogens is 4. The predicted molar refractivity (Wildman–Crippen MR) is 73.6 cm³/mol. The molecule has 2 aromatic heterocycles. The number of nitrogens with one attached hydrogen (secondary N) is 1. The summed E-state index contributed by atoms with van der Waals surface area (Å²) in [5, 5.41) is 10.8. The van der Waals surface area contributed by atoms with E-state index in [0.717, 1.165) is 16.7 Å². The Hall–Kier alpha value is -2.76. The summed E-state index contributed by atoms with van der Waals surface area (Å²) in [6, 6.07) is 13.1. The molecule has 0 saturated carbocycles. The number of pyridine rings is 1. The van der Waals surface area contributed by atoms with Gasteiger partial charge in [-0.3, -0.25) is 9.78 Å². The van der Waals surface area contributed by atoms with Crippen molar-refractivity contribution in [1.82, 2.24) is 25.3 Å². The molecule has 6 nitrogen and oxygen atoms in total. The zero-order valence-corrected chi connectivity index (χ0v) is 10.7. The van der Waals surface area contributed by atoms with Crippen LogP contribution in [0.1, 0.15) is 5.69 Å². The van der Waals surface area contributed by atoms with Gasteiger partial charge in [-0.1, -0.05) is 23.4 Å². The molecule has 0 fully saturated rings. The van der Waals surface area contributed by atoms with Gasteiger partial charge in [0, 0.05) is 6.20 Å². The number of para-hydroxylation sites is 1. The zero-order valence-electron chi connectivity index (χ0n) is 10.7. The van der Waals surface area contributed by atoms with E-state index in [9.17, 15) is 4.79 Å². The summed E-state index contributed by atoms with van der Waals surface area (Å²) in [6.07, 6.45) is 1.70. The Labute approximate surface area is 115 Å². The first-order chi connectivity index (χ1) is 9.83. The highest BCUT2D eigenvalue weighted by Gasteiger charge is 2.08. The molecule has 2 heterocycles. The van der Waals surface area contributed by atoms with Crippen molar-refractivity contribution >= 4 is 16.9 Å². The number of hydrogen-bond acceptors (Lipinski definition) is 4. The summed E-state index contributed by atoms with van der Waals surface area (Å²) < 4.78 is 1.59. The number of hydrogen-bond donors (Lipinski definition) is 1. The van der Waals surface area contributed by atoms with Gasteiger partial charge in [0.15, 0.2) is 0 Å². The minimum Gasteiger partial charge on any atom is -0.349 e. The molecule has 0 radical (unpaired) electrons. The van der Waals surface area contributed by atoms with Gasteiger partial charge in [0.1, 0.15) is 12.1 Å². The molecule has 3 rings (SSSR count). The van der Waals surface area contributed by atoms with Crippen molar-refractivity contribution in [1.29, 1.82) is 0 Å². The van der Waals surface area contributed by atoms with Crippen LogP contribution >= 0.6 is 0 Å². The van der Waals surface area contributed by atoms with E-state index in [0.29, 0.717) is 6.54 Å². The van der Waals surface area contributed by atoms with Gasteiger partial charge < -0.3 is 5.32 Å². The number of fused-ring (bicyclic) bond motifs is 1. The van der Waals surface area contributed by atoms with Gasteiger partial charge in [-0.15, -0.1) is 5.10 Å². The molecule has 1 amide bonds. The normalized spacial score (nSPS) is 10.6. The van der Waals surface area contributed by atoms with Crippen molar-refractivity contribution in [3.8, 4) is 0 Å². The third-order valence-corrected chi connectivity index (χ3v) is 2.91. The van der Waals surface area contributed by atoms with Crippen LogP contribution in [0.15, 0.2) is 48.7 Å². The third-order valence-electron chi connectivity index (χ3n) is 2.91. The molecule has 20 heavy (non-hydrogen) atoms. The van der Waals surface area contributed by atoms with Crippen molar-refractivity contribution in [2.24, 2.45) is 0 Å². The second-order valence-electron chi connectivity index (χ2n) is 4.33.